The first kappa shape index (κ1) is 22.2. The predicted molar refractivity (Wildman–Crippen MR) is 118 cm³/mol. The van der Waals surface area contributed by atoms with Gasteiger partial charge in [0.05, 0.1) is 6.61 Å². The van der Waals surface area contributed by atoms with Crippen LogP contribution in [0.4, 0.5) is 8.78 Å². The molecule has 30 heavy (non-hydrogen) atoms. The van der Waals surface area contributed by atoms with E-state index < -0.39 is 0 Å². The zero-order chi connectivity index (χ0) is 21.3. The first-order chi connectivity index (χ1) is 14.6. The van der Waals surface area contributed by atoms with E-state index in [1.54, 1.807) is 30.3 Å². The summed E-state index contributed by atoms with van der Waals surface area (Å²) >= 11 is 3.59. The topological polar surface area (TPSA) is 30.5 Å². The van der Waals surface area contributed by atoms with Crippen LogP contribution in [0, 0.1) is 11.6 Å². The third kappa shape index (κ3) is 6.28. The Bertz CT molecular complexity index is 964. The normalized spacial score (nSPS) is 10.8. The molecule has 158 valence electrons. The standard InChI is InChI=1S/C24H24BrF2NO2/c1-2-29-23-13-19(15-28-12-11-17-7-9-20(26)10-8-17)21(25)14-24(23)30-16-18-5-3-4-6-22(18)27/h3-10,13-14,28H,2,11-12,15-16H2,1H3. The monoisotopic (exact) mass is 475 g/mol. The van der Waals surface area contributed by atoms with Crippen molar-refractivity contribution in [1.29, 1.82) is 0 Å². The van der Waals surface area contributed by atoms with E-state index in [0.29, 0.717) is 30.2 Å². The fourth-order valence-electron chi connectivity index (χ4n) is 2.97. The molecule has 0 saturated carbocycles. The van der Waals surface area contributed by atoms with Crippen LogP contribution in [0.3, 0.4) is 0 Å². The van der Waals surface area contributed by atoms with Crippen LogP contribution in [0.15, 0.2) is 65.1 Å². The highest BCUT2D eigenvalue weighted by atomic mass is 79.9. The molecule has 3 aromatic carbocycles. The lowest BCUT2D eigenvalue weighted by atomic mass is 10.1. The Labute approximate surface area is 184 Å². The highest BCUT2D eigenvalue weighted by Crippen LogP contribution is 2.34. The van der Waals surface area contributed by atoms with E-state index in [0.717, 1.165) is 28.6 Å². The summed E-state index contributed by atoms with van der Waals surface area (Å²) in [5.41, 5.74) is 2.59. The molecule has 0 unspecified atom stereocenters. The molecule has 0 atom stereocenters. The lowest BCUT2D eigenvalue weighted by Crippen LogP contribution is -2.17. The van der Waals surface area contributed by atoms with Crippen LogP contribution in [0.2, 0.25) is 0 Å². The molecule has 0 amide bonds. The van der Waals surface area contributed by atoms with Gasteiger partial charge in [0.2, 0.25) is 0 Å². The molecule has 0 bridgehead atoms. The van der Waals surface area contributed by atoms with Crippen LogP contribution >= 0.6 is 15.9 Å². The van der Waals surface area contributed by atoms with Crippen molar-refractivity contribution in [2.45, 2.75) is 26.5 Å². The third-order valence-corrected chi connectivity index (χ3v) is 5.31. The van der Waals surface area contributed by atoms with Crippen molar-refractivity contribution >= 4 is 15.9 Å². The van der Waals surface area contributed by atoms with Crippen molar-refractivity contribution < 1.29 is 18.3 Å². The predicted octanol–water partition coefficient (Wildman–Crippen LogP) is 6.04. The van der Waals surface area contributed by atoms with Gasteiger partial charge in [0.15, 0.2) is 11.5 Å². The summed E-state index contributed by atoms with van der Waals surface area (Å²) in [6.45, 7) is 3.91. The van der Waals surface area contributed by atoms with Gasteiger partial charge in [0.25, 0.3) is 0 Å². The zero-order valence-corrected chi connectivity index (χ0v) is 18.3. The van der Waals surface area contributed by atoms with Gasteiger partial charge in [-0.2, -0.15) is 0 Å². The fraction of sp³-hybridized carbons (Fsp3) is 0.250. The molecular weight excluding hydrogens is 452 g/mol. The molecule has 3 aromatic rings. The van der Waals surface area contributed by atoms with Gasteiger partial charge in [0, 0.05) is 16.6 Å². The molecule has 3 nitrogen and oxygen atoms in total. The maximum absolute atomic E-state index is 13.9. The van der Waals surface area contributed by atoms with Gasteiger partial charge < -0.3 is 14.8 Å². The summed E-state index contributed by atoms with van der Waals surface area (Å²) in [6.07, 6.45) is 0.806. The molecule has 0 aliphatic heterocycles. The van der Waals surface area contributed by atoms with Crippen LogP contribution in [-0.4, -0.2) is 13.2 Å². The van der Waals surface area contributed by atoms with Gasteiger partial charge in [-0.25, -0.2) is 8.78 Å². The Hall–Kier alpha value is -2.44. The smallest absolute Gasteiger partial charge is 0.162 e. The molecule has 0 aromatic heterocycles. The SMILES string of the molecule is CCOc1cc(CNCCc2ccc(F)cc2)c(Br)cc1OCc1ccccc1F. The van der Waals surface area contributed by atoms with Crippen LogP contribution in [0.25, 0.3) is 0 Å². The quantitative estimate of drug-likeness (QED) is 0.362. The summed E-state index contributed by atoms with van der Waals surface area (Å²) in [4.78, 5) is 0. The van der Waals surface area contributed by atoms with E-state index in [-0.39, 0.29) is 18.2 Å². The lowest BCUT2D eigenvalue weighted by molar-refractivity contribution is 0.265. The van der Waals surface area contributed by atoms with Crippen molar-refractivity contribution in [3.05, 3.63) is 93.5 Å². The minimum Gasteiger partial charge on any atom is -0.490 e. The molecule has 0 aliphatic carbocycles. The molecule has 0 heterocycles. The van der Waals surface area contributed by atoms with Gasteiger partial charge in [-0.05, 0) is 61.3 Å². The van der Waals surface area contributed by atoms with E-state index >= 15 is 0 Å². The molecule has 6 heteroatoms. The van der Waals surface area contributed by atoms with E-state index in [2.05, 4.69) is 21.2 Å². The average Bonchev–Trinajstić information content (AvgIpc) is 2.74. The maximum atomic E-state index is 13.9. The van der Waals surface area contributed by atoms with Crippen molar-refractivity contribution in [3.63, 3.8) is 0 Å². The number of hydrogen-bond acceptors (Lipinski definition) is 3. The Morgan fingerprint density at radius 3 is 2.37 bits per heavy atom. The Kier molecular flexibility index (Phi) is 8.22. The van der Waals surface area contributed by atoms with Gasteiger partial charge in [0.1, 0.15) is 18.2 Å². The van der Waals surface area contributed by atoms with Crippen molar-refractivity contribution in [2.75, 3.05) is 13.2 Å². The largest absolute Gasteiger partial charge is 0.490 e. The van der Waals surface area contributed by atoms with E-state index in [9.17, 15) is 8.78 Å². The Morgan fingerprint density at radius 1 is 0.900 bits per heavy atom. The van der Waals surface area contributed by atoms with Crippen LogP contribution in [-0.2, 0) is 19.6 Å². The van der Waals surface area contributed by atoms with E-state index in [1.165, 1.54) is 18.2 Å². The van der Waals surface area contributed by atoms with Gasteiger partial charge in [-0.3, -0.25) is 0 Å². The molecular formula is C24H24BrF2NO2. The Morgan fingerprint density at radius 2 is 1.63 bits per heavy atom. The average molecular weight is 476 g/mol. The number of halogens is 3. The molecule has 0 aliphatic rings. The fourth-order valence-corrected chi connectivity index (χ4v) is 3.43. The number of nitrogens with one attached hydrogen (secondary N) is 1. The maximum Gasteiger partial charge on any atom is 0.162 e. The minimum absolute atomic E-state index is 0.119. The Balaban J connectivity index is 1.61. The minimum atomic E-state index is -0.295. The van der Waals surface area contributed by atoms with Gasteiger partial charge >= 0.3 is 0 Å². The van der Waals surface area contributed by atoms with Crippen molar-refractivity contribution in [1.82, 2.24) is 5.32 Å². The van der Waals surface area contributed by atoms with Gasteiger partial charge in [-0.15, -0.1) is 0 Å². The lowest BCUT2D eigenvalue weighted by Gasteiger charge is -2.16. The second kappa shape index (κ2) is 11.1. The highest BCUT2D eigenvalue weighted by Gasteiger charge is 2.12. The summed E-state index contributed by atoms with van der Waals surface area (Å²) in [5, 5.41) is 3.39. The summed E-state index contributed by atoms with van der Waals surface area (Å²) in [6, 6.07) is 16.9. The summed E-state index contributed by atoms with van der Waals surface area (Å²) < 4.78 is 39.3. The van der Waals surface area contributed by atoms with Gasteiger partial charge in [-0.1, -0.05) is 46.3 Å². The first-order valence-corrected chi connectivity index (χ1v) is 10.6. The number of hydrogen-bond donors (Lipinski definition) is 1. The number of benzene rings is 3. The highest BCUT2D eigenvalue weighted by molar-refractivity contribution is 9.10. The molecule has 0 fully saturated rings. The molecule has 0 spiro atoms. The first-order valence-electron chi connectivity index (χ1n) is 9.83. The van der Waals surface area contributed by atoms with Crippen molar-refractivity contribution in [2.24, 2.45) is 0 Å². The molecule has 0 radical (unpaired) electrons. The zero-order valence-electron chi connectivity index (χ0n) is 16.8. The number of ether oxygens (including phenoxy) is 2. The van der Waals surface area contributed by atoms with Crippen molar-refractivity contribution in [3.8, 4) is 11.5 Å². The van der Waals surface area contributed by atoms with Crippen LogP contribution in [0.5, 0.6) is 11.5 Å². The number of rotatable bonds is 10. The third-order valence-electron chi connectivity index (χ3n) is 4.57. The van der Waals surface area contributed by atoms with Crippen LogP contribution in [0.1, 0.15) is 23.6 Å². The summed E-state index contributed by atoms with van der Waals surface area (Å²) in [7, 11) is 0. The second-order valence-electron chi connectivity index (χ2n) is 6.76. The van der Waals surface area contributed by atoms with E-state index in [1.807, 2.05) is 19.1 Å². The van der Waals surface area contributed by atoms with Crippen LogP contribution < -0.4 is 14.8 Å². The second-order valence-corrected chi connectivity index (χ2v) is 7.61. The molecule has 1 N–H and O–H groups in total. The molecule has 0 saturated heterocycles. The molecule has 3 rings (SSSR count). The summed E-state index contributed by atoms with van der Waals surface area (Å²) in [5.74, 6) is 0.655. The van der Waals surface area contributed by atoms with E-state index in [4.69, 9.17) is 9.47 Å².